The highest BCUT2D eigenvalue weighted by Crippen LogP contribution is 2.23. The molecular weight excluding hydrogens is 178 g/mol. The van der Waals surface area contributed by atoms with E-state index in [9.17, 15) is 4.79 Å². The molecule has 0 bridgehead atoms. The lowest BCUT2D eigenvalue weighted by molar-refractivity contribution is -0.145. The van der Waals surface area contributed by atoms with Gasteiger partial charge in [0.15, 0.2) is 0 Å². The smallest absolute Gasteiger partial charge is 0.320 e. The van der Waals surface area contributed by atoms with Crippen molar-refractivity contribution in [2.24, 2.45) is 5.92 Å². The Bertz CT molecular complexity index is 237. The van der Waals surface area contributed by atoms with Gasteiger partial charge in [-0.05, 0) is 32.2 Å². The first-order valence-corrected chi connectivity index (χ1v) is 5.12. The fourth-order valence-electron chi connectivity index (χ4n) is 1.98. The van der Waals surface area contributed by atoms with Crippen molar-refractivity contribution in [3.05, 3.63) is 12.2 Å². The minimum absolute atomic E-state index is 0.310. The van der Waals surface area contributed by atoms with Crippen LogP contribution in [0.4, 0.5) is 0 Å². The van der Waals surface area contributed by atoms with E-state index in [-0.39, 0.29) is 6.04 Å². The van der Waals surface area contributed by atoms with Gasteiger partial charge in [0.05, 0.1) is 0 Å². The first-order chi connectivity index (χ1) is 6.50. The summed E-state index contributed by atoms with van der Waals surface area (Å²) in [4.78, 5) is 13.0. The summed E-state index contributed by atoms with van der Waals surface area (Å²) >= 11 is 0. The van der Waals surface area contributed by atoms with Gasteiger partial charge in [-0.3, -0.25) is 9.69 Å². The van der Waals surface area contributed by atoms with Gasteiger partial charge in [0.1, 0.15) is 6.04 Å². The van der Waals surface area contributed by atoms with Crippen LogP contribution in [0.1, 0.15) is 26.7 Å². The summed E-state index contributed by atoms with van der Waals surface area (Å²) in [6.07, 6.45) is 1.86. The van der Waals surface area contributed by atoms with Crippen molar-refractivity contribution in [2.75, 3.05) is 13.1 Å². The molecule has 0 aromatic heterocycles. The third-order valence-corrected chi connectivity index (χ3v) is 2.73. The lowest BCUT2D eigenvalue weighted by Gasteiger charge is -2.35. The first kappa shape index (κ1) is 11.2. The molecule has 1 aliphatic rings. The van der Waals surface area contributed by atoms with Crippen LogP contribution in [0.5, 0.6) is 0 Å². The number of hydrogen-bond acceptors (Lipinski definition) is 2. The van der Waals surface area contributed by atoms with Crippen molar-refractivity contribution >= 4 is 5.97 Å². The number of carboxylic acid groups (broad SMARTS) is 1. The van der Waals surface area contributed by atoms with E-state index in [0.29, 0.717) is 12.5 Å². The zero-order chi connectivity index (χ0) is 10.7. The van der Waals surface area contributed by atoms with Crippen molar-refractivity contribution in [3.8, 4) is 0 Å². The van der Waals surface area contributed by atoms with Crippen molar-refractivity contribution in [1.29, 1.82) is 0 Å². The summed E-state index contributed by atoms with van der Waals surface area (Å²) < 4.78 is 0. The van der Waals surface area contributed by atoms with Gasteiger partial charge in [-0.15, -0.1) is 0 Å². The van der Waals surface area contributed by atoms with E-state index in [2.05, 4.69) is 13.5 Å². The van der Waals surface area contributed by atoms with Crippen LogP contribution in [0.3, 0.4) is 0 Å². The molecule has 2 atom stereocenters. The van der Waals surface area contributed by atoms with Crippen LogP contribution in [-0.2, 0) is 4.79 Å². The van der Waals surface area contributed by atoms with E-state index in [1.165, 1.54) is 0 Å². The average Bonchev–Trinajstić information content (AvgIpc) is 2.07. The molecule has 0 aliphatic carbocycles. The number of rotatable bonds is 3. The molecule has 1 fully saturated rings. The Balaban J connectivity index is 2.62. The number of aliphatic carboxylic acids is 1. The molecule has 2 unspecified atom stereocenters. The Kier molecular flexibility index (Phi) is 3.69. The maximum Gasteiger partial charge on any atom is 0.320 e. The van der Waals surface area contributed by atoms with E-state index >= 15 is 0 Å². The Morgan fingerprint density at radius 1 is 1.64 bits per heavy atom. The molecule has 1 rings (SSSR count). The topological polar surface area (TPSA) is 40.5 Å². The van der Waals surface area contributed by atoms with E-state index in [4.69, 9.17) is 5.11 Å². The molecular formula is C11H19NO2. The number of carboxylic acids is 1. The average molecular weight is 197 g/mol. The Hall–Kier alpha value is -0.830. The molecule has 0 aromatic carbocycles. The van der Waals surface area contributed by atoms with Gasteiger partial charge >= 0.3 is 5.97 Å². The van der Waals surface area contributed by atoms with Crippen molar-refractivity contribution in [2.45, 2.75) is 32.7 Å². The summed E-state index contributed by atoms with van der Waals surface area (Å²) in [5.74, 6) is -0.171. The van der Waals surface area contributed by atoms with Crippen LogP contribution >= 0.6 is 0 Å². The van der Waals surface area contributed by atoms with Crippen molar-refractivity contribution < 1.29 is 9.90 Å². The van der Waals surface area contributed by atoms with E-state index in [1.54, 1.807) is 0 Å². The number of hydrogen-bond donors (Lipinski definition) is 1. The number of likely N-dealkylation sites (tertiary alicyclic amines) is 1. The Morgan fingerprint density at radius 3 is 2.79 bits per heavy atom. The molecule has 0 radical (unpaired) electrons. The highest BCUT2D eigenvalue weighted by molar-refractivity contribution is 5.73. The van der Waals surface area contributed by atoms with E-state index in [0.717, 1.165) is 25.0 Å². The minimum Gasteiger partial charge on any atom is -0.480 e. The van der Waals surface area contributed by atoms with Crippen molar-refractivity contribution in [1.82, 2.24) is 4.90 Å². The van der Waals surface area contributed by atoms with Gasteiger partial charge in [-0.1, -0.05) is 19.1 Å². The van der Waals surface area contributed by atoms with Gasteiger partial charge in [-0.2, -0.15) is 0 Å². The molecule has 80 valence electrons. The maximum atomic E-state index is 11.0. The number of piperidine rings is 1. The molecule has 14 heavy (non-hydrogen) atoms. The maximum absolute atomic E-state index is 11.0. The zero-order valence-corrected chi connectivity index (χ0v) is 8.99. The molecule has 1 heterocycles. The van der Waals surface area contributed by atoms with Crippen LogP contribution in [0.25, 0.3) is 0 Å². The van der Waals surface area contributed by atoms with Gasteiger partial charge < -0.3 is 5.11 Å². The van der Waals surface area contributed by atoms with Crippen LogP contribution < -0.4 is 0 Å². The molecule has 3 heteroatoms. The molecule has 1 saturated heterocycles. The SMILES string of the molecule is C=C(C)CN1CCC(C)CC1C(=O)O. The van der Waals surface area contributed by atoms with Crippen molar-refractivity contribution in [3.63, 3.8) is 0 Å². The van der Waals surface area contributed by atoms with Crippen LogP contribution in [0.15, 0.2) is 12.2 Å². The quantitative estimate of drug-likeness (QED) is 0.701. The highest BCUT2D eigenvalue weighted by Gasteiger charge is 2.31. The molecule has 0 amide bonds. The Morgan fingerprint density at radius 2 is 2.29 bits per heavy atom. The second-order valence-corrected chi connectivity index (χ2v) is 4.41. The zero-order valence-electron chi connectivity index (χ0n) is 8.99. The van der Waals surface area contributed by atoms with Gasteiger partial charge in [0.2, 0.25) is 0 Å². The van der Waals surface area contributed by atoms with Gasteiger partial charge in [-0.25, -0.2) is 0 Å². The second-order valence-electron chi connectivity index (χ2n) is 4.41. The molecule has 1 N–H and O–H groups in total. The van der Waals surface area contributed by atoms with E-state index < -0.39 is 5.97 Å². The van der Waals surface area contributed by atoms with Gasteiger partial charge in [0, 0.05) is 6.54 Å². The first-order valence-electron chi connectivity index (χ1n) is 5.12. The minimum atomic E-state index is -0.696. The molecule has 0 aromatic rings. The number of nitrogens with zero attached hydrogens (tertiary/aromatic N) is 1. The summed E-state index contributed by atoms with van der Waals surface area (Å²) in [7, 11) is 0. The normalized spacial score (nSPS) is 28.7. The van der Waals surface area contributed by atoms with Gasteiger partial charge in [0.25, 0.3) is 0 Å². The largest absolute Gasteiger partial charge is 0.480 e. The monoisotopic (exact) mass is 197 g/mol. The summed E-state index contributed by atoms with van der Waals surface area (Å²) in [6, 6.07) is -0.310. The third-order valence-electron chi connectivity index (χ3n) is 2.73. The molecule has 0 spiro atoms. The fraction of sp³-hybridized carbons (Fsp3) is 0.727. The van der Waals surface area contributed by atoms with Crippen LogP contribution in [-0.4, -0.2) is 35.1 Å². The third kappa shape index (κ3) is 2.84. The standard InChI is InChI=1S/C11H19NO2/c1-8(2)7-12-5-4-9(3)6-10(12)11(13)14/h9-10H,1,4-7H2,2-3H3,(H,13,14). The lowest BCUT2D eigenvalue weighted by Crippen LogP contribution is -2.47. The van der Waals surface area contributed by atoms with Crippen LogP contribution in [0, 0.1) is 5.92 Å². The predicted molar refractivity (Wildman–Crippen MR) is 56.2 cm³/mol. The lowest BCUT2D eigenvalue weighted by atomic mass is 9.92. The molecule has 0 saturated carbocycles. The molecule has 1 aliphatic heterocycles. The second kappa shape index (κ2) is 4.60. The summed E-state index contributed by atoms with van der Waals surface area (Å²) in [5, 5.41) is 9.07. The molecule has 3 nitrogen and oxygen atoms in total. The van der Waals surface area contributed by atoms with E-state index in [1.807, 2.05) is 11.8 Å². The summed E-state index contributed by atoms with van der Waals surface area (Å²) in [5.41, 5.74) is 1.03. The van der Waals surface area contributed by atoms with Crippen LogP contribution in [0.2, 0.25) is 0 Å². The Labute approximate surface area is 85.4 Å². The fourth-order valence-corrected chi connectivity index (χ4v) is 1.98. The predicted octanol–water partition coefficient (Wildman–Crippen LogP) is 1.75. The highest BCUT2D eigenvalue weighted by atomic mass is 16.4. The number of carbonyl (C=O) groups is 1. The summed E-state index contributed by atoms with van der Waals surface area (Å²) in [6.45, 7) is 9.48.